The maximum absolute atomic E-state index is 4.29. The van der Waals surface area contributed by atoms with Gasteiger partial charge in [-0.25, -0.2) is 0 Å². The number of hydrogen-bond acceptors (Lipinski definition) is 4. The van der Waals surface area contributed by atoms with Crippen molar-refractivity contribution in [1.29, 1.82) is 0 Å². The van der Waals surface area contributed by atoms with E-state index in [1.807, 2.05) is 28.7 Å². The molecule has 2 aromatic heterocycles. The number of benzene rings is 4. The van der Waals surface area contributed by atoms with Gasteiger partial charge in [-0.1, -0.05) is 143 Å². The summed E-state index contributed by atoms with van der Waals surface area (Å²) in [5.41, 5.74) is 18.7. The average molecular weight is 821 g/mol. The Morgan fingerprint density at radius 3 is 2.05 bits per heavy atom. The summed E-state index contributed by atoms with van der Waals surface area (Å²) in [6, 6.07) is 24.6. The molecular weight excluding hydrogens is 764 g/mol. The molecule has 5 heteroatoms. The Balaban J connectivity index is 1.34. The second-order valence-corrected chi connectivity index (χ2v) is 23.2. The van der Waals surface area contributed by atoms with Gasteiger partial charge in [-0.15, -0.1) is 22.7 Å². The molecule has 302 valence electrons. The van der Waals surface area contributed by atoms with Crippen LogP contribution in [0.15, 0.2) is 109 Å². The molecule has 5 heterocycles. The molecule has 0 atom stereocenters. The Morgan fingerprint density at radius 2 is 1.37 bits per heavy atom. The summed E-state index contributed by atoms with van der Waals surface area (Å²) in [5.74, 6) is 0. The molecule has 0 saturated heterocycles. The molecule has 0 amide bonds. The zero-order valence-corrected chi connectivity index (χ0v) is 39.2. The molecule has 0 bridgehead atoms. The zero-order chi connectivity index (χ0) is 42.4. The third-order valence-corrected chi connectivity index (χ3v) is 16.1. The smallest absolute Gasteiger partial charge is 0.264 e. The molecule has 0 unspecified atom stereocenters. The van der Waals surface area contributed by atoms with Crippen LogP contribution in [0.4, 0.5) is 28.4 Å². The van der Waals surface area contributed by atoms with Crippen LogP contribution in [0.25, 0.3) is 32.3 Å². The summed E-state index contributed by atoms with van der Waals surface area (Å²) >= 11 is 3.87. The van der Waals surface area contributed by atoms with Gasteiger partial charge >= 0.3 is 0 Å². The van der Waals surface area contributed by atoms with Crippen LogP contribution in [0, 0.1) is 5.41 Å². The Bertz CT molecular complexity index is 2970. The first-order valence-electron chi connectivity index (χ1n) is 21.8. The SMILES string of the molecule is C=Cc1c(/C=C\C)sc2cc3c4c(sc3cc12)B1c2cc(C(C)(C)C)ccc2N2c3ccc(C(C)(C)C)cc3C(C)(C)c3ccc(c1c32)N4C1=CC=C(C(C)(C)C)CC=C1. The molecule has 0 N–H and O–H groups in total. The quantitative estimate of drug-likeness (QED) is 0.164. The summed E-state index contributed by atoms with van der Waals surface area (Å²) in [6.07, 6.45) is 16.9. The topological polar surface area (TPSA) is 6.48 Å². The van der Waals surface area contributed by atoms with E-state index < -0.39 is 0 Å². The molecule has 60 heavy (non-hydrogen) atoms. The van der Waals surface area contributed by atoms with Crippen LogP contribution in [0.5, 0.6) is 0 Å². The van der Waals surface area contributed by atoms with Crippen molar-refractivity contribution in [2.45, 2.75) is 106 Å². The molecule has 3 aliphatic heterocycles. The Kier molecular flexibility index (Phi) is 8.57. The van der Waals surface area contributed by atoms with E-state index in [0.717, 1.165) is 6.42 Å². The lowest BCUT2D eigenvalue weighted by atomic mass is 9.35. The Morgan fingerprint density at radius 1 is 0.700 bits per heavy atom. The lowest BCUT2D eigenvalue weighted by molar-refractivity contribution is 0.494. The third kappa shape index (κ3) is 5.64. The first kappa shape index (κ1) is 39.3. The molecule has 10 rings (SSSR count). The van der Waals surface area contributed by atoms with Gasteiger partial charge in [0.05, 0.1) is 11.4 Å². The van der Waals surface area contributed by atoms with Gasteiger partial charge in [0.15, 0.2) is 0 Å². The monoisotopic (exact) mass is 820 g/mol. The highest BCUT2D eigenvalue weighted by Crippen LogP contribution is 2.56. The van der Waals surface area contributed by atoms with E-state index in [1.54, 1.807) is 0 Å². The van der Waals surface area contributed by atoms with Crippen LogP contribution >= 0.6 is 22.7 Å². The van der Waals surface area contributed by atoms with Gasteiger partial charge < -0.3 is 9.80 Å². The average Bonchev–Trinajstić information content (AvgIpc) is 3.59. The van der Waals surface area contributed by atoms with Crippen LogP contribution in [0.2, 0.25) is 0 Å². The minimum Gasteiger partial charge on any atom is -0.311 e. The van der Waals surface area contributed by atoms with E-state index in [2.05, 4.69) is 197 Å². The first-order valence-corrected chi connectivity index (χ1v) is 23.4. The predicted molar refractivity (Wildman–Crippen MR) is 269 cm³/mol. The Hall–Kier alpha value is -4.84. The highest BCUT2D eigenvalue weighted by Gasteiger charge is 2.50. The van der Waals surface area contributed by atoms with Crippen molar-refractivity contribution in [3.63, 3.8) is 0 Å². The van der Waals surface area contributed by atoms with Crippen molar-refractivity contribution < 1.29 is 0 Å². The number of thiophene rings is 2. The van der Waals surface area contributed by atoms with Gasteiger partial charge in [0.2, 0.25) is 0 Å². The molecule has 0 spiro atoms. The molecule has 4 aliphatic rings. The molecule has 1 aliphatic carbocycles. The van der Waals surface area contributed by atoms with Crippen molar-refractivity contribution >= 4 is 106 Å². The van der Waals surface area contributed by atoms with Crippen molar-refractivity contribution in [3.05, 3.63) is 142 Å². The van der Waals surface area contributed by atoms with Crippen molar-refractivity contribution in [2.24, 2.45) is 5.41 Å². The lowest BCUT2D eigenvalue weighted by Gasteiger charge is -2.50. The number of rotatable bonds is 3. The molecule has 4 aromatic carbocycles. The van der Waals surface area contributed by atoms with E-state index in [9.17, 15) is 0 Å². The van der Waals surface area contributed by atoms with Crippen LogP contribution in [0.3, 0.4) is 0 Å². The maximum Gasteiger partial charge on any atom is 0.264 e. The lowest BCUT2D eigenvalue weighted by Crippen LogP contribution is -2.62. The molecule has 0 saturated carbocycles. The van der Waals surface area contributed by atoms with Crippen molar-refractivity contribution in [1.82, 2.24) is 0 Å². The van der Waals surface area contributed by atoms with E-state index in [-0.39, 0.29) is 28.4 Å². The summed E-state index contributed by atoms with van der Waals surface area (Å²) in [5, 5.41) is 2.62. The fraction of sp³-hybridized carbons (Fsp3) is 0.309. The van der Waals surface area contributed by atoms with Gasteiger partial charge in [0, 0.05) is 58.0 Å². The fourth-order valence-electron chi connectivity index (χ4n) is 10.3. The molecular formula is C55H57BN2S2. The summed E-state index contributed by atoms with van der Waals surface area (Å²) < 4.78 is 4.06. The zero-order valence-electron chi connectivity index (χ0n) is 37.5. The summed E-state index contributed by atoms with van der Waals surface area (Å²) in [4.78, 5) is 6.56. The predicted octanol–water partition coefficient (Wildman–Crippen LogP) is 14.6. The summed E-state index contributed by atoms with van der Waals surface area (Å²) in [7, 11) is 0. The van der Waals surface area contributed by atoms with Gasteiger partial charge in [-0.2, -0.15) is 0 Å². The Labute approximate surface area is 366 Å². The number of fused-ring (bicyclic) bond motifs is 10. The van der Waals surface area contributed by atoms with Crippen LogP contribution in [-0.2, 0) is 16.2 Å². The first-order chi connectivity index (χ1) is 28.3. The molecule has 0 fully saturated rings. The van der Waals surface area contributed by atoms with E-state index in [1.165, 1.54) is 108 Å². The number of nitrogens with zero attached hydrogens (tertiary/aromatic N) is 2. The molecule has 0 radical (unpaired) electrons. The highest BCUT2D eigenvalue weighted by atomic mass is 32.1. The number of anilines is 5. The van der Waals surface area contributed by atoms with Crippen molar-refractivity contribution in [2.75, 3.05) is 9.80 Å². The molecule has 2 nitrogen and oxygen atoms in total. The highest BCUT2D eigenvalue weighted by molar-refractivity contribution is 7.34. The van der Waals surface area contributed by atoms with E-state index in [0.29, 0.717) is 0 Å². The van der Waals surface area contributed by atoms with Crippen molar-refractivity contribution in [3.8, 4) is 0 Å². The van der Waals surface area contributed by atoms with Gasteiger partial charge in [-0.05, 0) is 117 Å². The standard InChI is InChI=1S/C55H57BN2S2/c1-14-17-45-36(15-2)37-30-47-38(31-46(37)59-45)49-51(60-47)56-41-29-34(54(9,10)11)22-26-43(41)58-42-25-21-33(53(6,7)8)28-40(42)55(12,13)39-24-27-44(48(56)50(39)58)57(49)35-19-16-18-32(20-23-35)52(3,4)5/h14-17,19-31H,2,18H2,1,3-13H3/b17-14-. The largest absolute Gasteiger partial charge is 0.311 e. The van der Waals surface area contributed by atoms with E-state index in [4.69, 9.17) is 0 Å². The number of hydrogen-bond donors (Lipinski definition) is 0. The number of allylic oxidation sites excluding steroid dienone is 6. The van der Waals surface area contributed by atoms with Crippen LogP contribution < -0.4 is 25.5 Å². The maximum atomic E-state index is 4.29. The minimum absolute atomic E-state index is 0.00374. The van der Waals surface area contributed by atoms with Gasteiger partial charge in [-0.3, -0.25) is 0 Å². The van der Waals surface area contributed by atoms with Gasteiger partial charge in [0.25, 0.3) is 6.71 Å². The minimum atomic E-state index is -0.210. The second kappa shape index (κ2) is 13.1. The normalized spacial score (nSPS) is 16.8. The summed E-state index contributed by atoms with van der Waals surface area (Å²) in [6.45, 7) is 32.4. The van der Waals surface area contributed by atoms with Crippen LogP contribution in [-0.4, -0.2) is 6.71 Å². The van der Waals surface area contributed by atoms with Crippen LogP contribution in [0.1, 0.15) is 122 Å². The second-order valence-electron chi connectivity index (χ2n) is 21.0. The van der Waals surface area contributed by atoms with E-state index >= 15 is 0 Å². The fourth-order valence-corrected chi connectivity index (χ4v) is 12.8. The molecule has 6 aromatic rings. The third-order valence-electron chi connectivity index (χ3n) is 13.7. The van der Waals surface area contributed by atoms with Gasteiger partial charge in [0.1, 0.15) is 0 Å².